The molecule has 12 amide bonds. The average molecular weight is 1320 g/mol. The van der Waals surface area contributed by atoms with Crippen LogP contribution in [0.15, 0.2) is 24.3 Å². The van der Waals surface area contributed by atoms with Gasteiger partial charge in [0, 0.05) is 42.5 Å². The van der Waals surface area contributed by atoms with E-state index in [0.717, 1.165) is 4.90 Å². The van der Waals surface area contributed by atoms with Gasteiger partial charge in [-0.2, -0.15) is 50.5 Å². The summed E-state index contributed by atoms with van der Waals surface area (Å²) in [6.07, 6.45) is -0.749. The summed E-state index contributed by atoms with van der Waals surface area (Å²) in [5.41, 5.74) is 5.79. The molecule has 2 aliphatic rings. The molecule has 1 aromatic rings. The normalized spacial score (nSPS) is 18.5. The van der Waals surface area contributed by atoms with Crippen molar-refractivity contribution in [2.45, 2.75) is 159 Å². The number of carbonyl (C=O) groups is 13. The van der Waals surface area contributed by atoms with Crippen LogP contribution < -0.4 is 58.9 Å². The van der Waals surface area contributed by atoms with Crippen LogP contribution >= 0.6 is 50.5 Å². The maximum absolute atomic E-state index is 14.3. The third-order valence-electron chi connectivity index (χ3n) is 14.3. The van der Waals surface area contributed by atoms with E-state index in [1.165, 1.54) is 43.0 Å². The SMILES string of the molecule is CC(C)C[C@H](NC(=O)[C@@H](NC(=O)[C@H](C)NC(=O)[C@H](CS)NC(=O)[C@@H]1CCCN1C(=O)[C@@H]1CCCN1C(=O)[C@@H](NC(=O)[C@H](CO)NC(=O)[C@H](CS)NC(=O)[C@H](CS)NC(=O)CN)[C@@H](C)O)C(C)C)C(=O)N[C@@H](Cc1ccc(O)cc1)C(=O)N[C@@H](CS)C(=O)O. The lowest BCUT2D eigenvalue weighted by Gasteiger charge is -2.34. The van der Waals surface area contributed by atoms with Crippen LogP contribution in [-0.2, 0) is 68.7 Å². The molecule has 30 nitrogen and oxygen atoms in total. The Labute approximate surface area is 531 Å². The zero-order chi connectivity index (χ0) is 66.3. The minimum absolute atomic E-state index is 0.00434. The zero-order valence-electron chi connectivity index (χ0n) is 49.7. The number of phenolic OH excluding ortho intramolecular Hbond substituents is 1. The van der Waals surface area contributed by atoms with Crippen molar-refractivity contribution in [1.82, 2.24) is 63.0 Å². The molecule has 3 rings (SSSR count). The Hall–Kier alpha value is -6.59. The quantitative estimate of drug-likeness (QED) is 0.0287. The molecule has 16 N–H and O–H groups in total. The number of benzene rings is 1. The third-order valence-corrected chi connectivity index (χ3v) is 15.8. The van der Waals surface area contributed by atoms with Crippen LogP contribution in [0.25, 0.3) is 0 Å². The van der Waals surface area contributed by atoms with Crippen molar-refractivity contribution in [2.24, 2.45) is 17.6 Å². The van der Waals surface area contributed by atoms with Gasteiger partial charge in [0.25, 0.3) is 0 Å². The van der Waals surface area contributed by atoms with Gasteiger partial charge >= 0.3 is 5.97 Å². The van der Waals surface area contributed by atoms with Gasteiger partial charge in [-0.25, -0.2) is 4.79 Å². The molecule has 88 heavy (non-hydrogen) atoms. The fraction of sp³-hybridized carbons (Fsp3) is 0.648. The summed E-state index contributed by atoms with van der Waals surface area (Å²) < 4.78 is 0. The summed E-state index contributed by atoms with van der Waals surface area (Å²) in [6.45, 7) is 7.93. The first-order valence-electron chi connectivity index (χ1n) is 28.5. The summed E-state index contributed by atoms with van der Waals surface area (Å²) in [7, 11) is 0. The summed E-state index contributed by atoms with van der Waals surface area (Å²) in [5.74, 6) is -13.3. The van der Waals surface area contributed by atoms with Gasteiger partial charge in [0.05, 0.1) is 19.3 Å². The number of aromatic hydroxyl groups is 1. The summed E-state index contributed by atoms with van der Waals surface area (Å²) in [6, 6.07) is -10.6. The van der Waals surface area contributed by atoms with E-state index in [-0.39, 0.29) is 73.5 Å². The number of aliphatic hydroxyl groups excluding tert-OH is 2. The number of nitrogens with two attached hydrogens (primary N) is 1. The predicted molar refractivity (Wildman–Crippen MR) is 331 cm³/mol. The Kier molecular flexibility index (Phi) is 31.6. The molecule has 2 saturated heterocycles. The van der Waals surface area contributed by atoms with Gasteiger partial charge in [0.2, 0.25) is 70.9 Å². The molecular weight excluding hydrogens is 1230 g/mol. The Bertz CT molecular complexity index is 2640. The molecular formula is C54H85N13O17S4. The number of carbonyl (C=O) groups excluding carboxylic acids is 12. The maximum atomic E-state index is 14.3. The highest BCUT2D eigenvalue weighted by atomic mass is 32.1. The Morgan fingerprint density at radius 2 is 1.00 bits per heavy atom. The third kappa shape index (κ3) is 22.5. The molecule has 0 aromatic heterocycles. The second-order valence-electron chi connectivity index (χ2n) is 22.0. The highest BCUT2D eigenvalue weighted by Gasteiger charge is 2.45. The number of likely N-dealkylation sites (tertiary alicyclic amines) is 2. The molecule has 34 heteroatoms. The van der Waals surface area contributed by atoms with Gasteiger partial charge < -0.3 is 89.1 Å². The predicted octanol–water partition coefficient (Wildman–Crippen LogP) is -5.38. The fourth-order valence-corrected chi connectivity index (χ4v) is 10.4. The summed E-state index contributed by atoms with van der Waals surface area (Å²) in [5, 5.41) is 64.8. The fourth-order valence-electron chi connectivity index (χ4n) is 9.41. The minimum atomic E-state index is -1.73. The second-order valence-corrected chi connectivity index (χ2v) is 23.5. The first-order valence-corrected chi connectivity index (χ1v) is 31.1. The van der Waals surface area contributed by atoms with Gasteiger partial charge in [-0.15, -0.1) is 0 Å². The molecule has 2 fully saturated rings. The maximum Gasteiger partial charge on any atom is 0.327 e. The number of thiol groups is 4. The van der Waals surface area contributed by atoms with Crippen LogP contribution in [0, 0.1) is 11.8 Å². The van der Waals surface area contributed by atoms with Crippen LogP contribution in [0.3, 0.4) is 0 Å². The molecule has 1 aromatic carbocycles. The number of hydrogen-bond acceptors (Lipinski definition) is 21. The molecule has 492 valence electrons. The lowest BCUT2D eigenvalue weighted by Crippen LogP contribution is -2.62. The van der Waals surface area contributed by atoms with Crippen LogP contribution in [0.5, 0.6) is 5.75 Å². The van der Waals surface area contributed by atoms with E-state index in [1.54, 1.807) is 27.7 Å². The topological polar surface area (TPSA) is 456 Å². The van der Waals surface area contributed by atoms with Gasteiger partial charge in [0.1, 0.15) is 78.3 Å². The molecule has 0 saturated carbocycles. The van der Waals surface area contributed by atoms with Crippen molar-refractivity contribution in [2.75, 3.05) is 49.3 Å². The van der Waals surface area contributed by atoms with Crippen molar-refractivity contribution >= 4 is 127 Å². The molecule has 0 unspecified atom stereocenters. The number of carboxylic acids is 1. The second kappa shape index (κ2) is 36.8. The monoisotopic (exact) mass is 1320 g/mol. The van der Waals surface area contributed by atoms with Crippen molar-refractivity contribution in [3.63, 3.8) is 0 Å². The number of aliphatic hydroxyl groups is 2. The van der Waals surface area contributed by atoms with Crippen molar-refractivity contribution in [1.29, 1.82) is 0 Å². The lowest BCUT2D eigenvalue weighted by molar-refractivity contribution is -0.149. The van der Waals surface area contributed by atoms with Crippen LogP contribution in [0.1, 0.15) is 79.2 Å². The van der Waals surface area contributed by atoms with E-state index in [2.05, 4.69) is 104 Å². The molecule has 0 bridgehead atoms. The number of amides is 12. The molecule has 13 atom stereocenters. The number of aliphatic carboxylic acids is 1. The van der Waals surface area contributed by atoms with Gasteiger partial charge in [-0.1, -0.05) is 39.8 Å². The number of carboxylic acid groups (broad SMARTS) is 1. The Morgan fingerprint density at radius 3 is 1.52 bits per heavy atom. The minimum Gasteiger partial charge on any atom is -0.508 e. The Morgan fingerprint density at radius 1 is 0.545 bits per heavy atom. The van der Waals surface area contributed by atoms with Gasteiger partial charge in [-0.05, 0) is 75.5 Å². The zero-order valence-corrected chi connectivity index (χ0v) is 53.3. The van der Waals surface area contributed by atoms with Gasteiger partial charge in [0.15, 0.2) is 0 Å². The molecule has 0 spiro atoms. The molecule has 2 heterocycles. The van der Waals surface area contributed by atoms with E-state index in [1.807, 2.05) is 0 Å². The highest BCUT2D eigenvalue weighted by Crippen LogP contribution is 2.26. The van der Waals surface area contributed by atoms with Gasteiger partial charge in [-0.3, -0.25) is 57.5 Å². The summed E-state index contributed by atoms with van der Waals surface area (Å²) >= 11 is 16.4. The highest BCUT2D eigenvalue weighted by molar-refractivity contribution is 7.80. The van der Waals surface area contributed by atoms with E-state index in [4.69, 9.17) is 5.73 Å². The summed E-state index contributed by atoms with van der Waals surface area (Å²) in [4.78, 5) is 177. The first kappa shape index (κ1) is 75.7. The number of nitrogens with zero attached hydrogens (tertiary/aromatic N) is 2. The molecule has 0 aliphatic carbocycles. The molecule has 2 aliphatic heterocycles. The van der Waals surface area contributed by atoms with E-state index in [0.29, 0.717) is 18.4 Å². The number of phenols is 1. The largest absolute Gasteiger partial charge is 0.508 e. The number of rotatable bonds is 34. The molecule has 0 radical (unpaired) electrons. The average Bonchev–Trinajstić information content (AvgIpc) is 1.98. The lowest BCUT2D eigenvalue weighted by atomic mass is 9.98. The first-order chi connectivity index (χ1) is 41.5. The van der Waals surface area contributed by atoms with Crippen LogP contribution in [0.4, 0.5) is 0 Å². The van der Waals surface area contributed by atoms with E-state index < -0.39 is 175 Å². The van der Waals surface area contributed by atoms with Crippen molar-refractivity contribution in [3.8, 4) is 5.75 Å². The van der Waals surface area contributed by atoms with Crippen molar-refractivity contribution in [3.05, 3.63) is 29.8 Å². The number of hydrogen-bond donors (Lipinski definition) is 19. The van der Waals surface area contributed by atoms with Crippen molar-refractivity contribution < 1.29 is 82.8 Å². The smallest absolute Gasteiger partial charge is 0.327 e. The van der Waals surface area contributed by atoms with Crippen LogP contribution in [0.2, 0.25) is 0 Å². The van der Waals surface area contributed by atoms with E-state index >= 15 is 0 Å². The van der Waals surface area contributed by atoms with E-state index in [9.17, 15) is 82.8 Å². The number of nitrogens with one attached hydrogen (secondary N) is 10. The standard InChI is InChI=1S/C54H85N13O17S4/c1-25(2)17-31(44(73)58-32(18-29-11-13-30(70)14-12-29)45(74)63-37(24-88)54(83)84)59-51(80)41(26(3)4)64-43(72)27(5)56-47(76)35(22-86)62-50(79)38-9-7-15-66(38)52(81)39-10-8-16-67(39)53(82)42(28(6)69)65-46(75)33(20-68)60-49(78)36(23-87)61-48(77)34(21-85)57-40(71)19-55/h11-14,25-28,31-39,41-42,68-70,85-88H,7-10,15-24,55H2,1-6H3,(H,56,76)(H,57,71)(H,58,73)(H,59,80)(H,60,78)(H,61,77)(H,62,79)(H,63,74)(H,64,72)(H,65,75)(H,83,84)/t27-,28+,31-,32-,33-,34-,35-,36-,37-,38-,39-,41-,42-/m0/s1. The van der Waals surface area contributed by atoms with Crippen LogP contribution in [-0.4, -0.2) is 235 Å². The Balaban J connectivity index is 1.68.